The van der Waals surface area contributed by atoms with Crippen LogP contribution in [0.15, 0.2) is 36.7 Å². The van der Waals surface area contributed by atoms with Gasteiger partial charge in [0.15, 0.2) is 5.75 Å². The van der Waals surface area contributed by atoms with Crippen LogP contribution in [0.5, 0.6) is 5.75 Å². The molecule has 0 saturated carbocycles. The van der Waals surface area contributed by atoms with E-state index in [2.05, 4.69) is 37.2 Å². The Morgan fingerprint density at radius 3 is 2.50 bits per heavy atom. The Balaban J connectivity index is 1.98. The van der Waals surface area contributed by atoms with E-state index in [1.807, 2.05) is 6.20 Å². The van der Waals surface area contributed by atoms with Crippen molar-refractivity contribution in [2.45, 2.75) is 40.8 Å². The van der Waals surface area contributed by atoms with Gasteiger partial charge < -0.3 is 9.30 Å². The van der Waals surface area contributed by atoms with Gasteiger partial charge in [-0.25, -0.2) is 4.39 Å². The first kappa shape index (κ1) is 16.5. The molecular weight excluding hydrogens is 303 g/mol. The molecule has 24 heavy (non-hydrogen) atoms. The first-order valence-corrected chi connectivity index (χ1v) is 8.28. The highest BCUT2D eigenvalue weighted by molar-refractivity contribution is 5.89. The molecule has 2 heterocycles. The Morgan fingerprint density at radius 2 is 1.83 bits per heavy atom. The average molecular weight is 326 g/mol. The number of nitrogens with zero attached hydrogens (tertiary/aromatic N) is 2. The fourth-order valence-corrected chi connectivity index (χ4v) is 2.99. The lowest BCUT2D eigenvalue weighted by atomic mass is 10.2. The Hall–Kier alpha value is -2.36. The lowest BCUT2D eigenvalue weighted by Gasteiger charge is -2.14. The van der Waals surface area contributed by atoms with Crippen molar-refractivity contribution in [1.82, 2.24) is 9.55 Å². The van der Waals surface area contributed by atoms with Crippen LogP contribution in [-0.2, 0) is 13.2 Å². The van der Waals surface area contributed by atoms with Crippen LogP contribution in [-0.4, -0.2) is 9.55 Å². The van der Waals surface area contributed by atoms with Gasteiger partial charge in [-0.2, -0.15) is 0 Å². The van der Waals surface area contributed by atoms with Gasteiger partial charge in [0.05, 0.1) is 11.7 Å². The van der Waals surface area contributed by atoms with E-state index in [0.29, 0.717) is 12.5 Å². The summed E-state index contributed by atoms with van der Waals surface area (Å²) in [6.07, 6.45) is 3.67. The maximum atomic E-state index is 13.0. The van der Waals surface area contributed by atoms with Gasteiger partial charge in [0.1, 0.15) is 12.4 Å². The molecular formula is C20H23FN2O. The van der Waals surface area contributed by atoms with Crippen molar-refractivity contribution in [1.29, 1.82) is 0 Å². The number of pyridine rings is 1. The van der Waals surface area contributed by atoms with Gasteiger partial charge in [-0.1, -0.05) is 26.0 Å². The van der Waals surface area contributed by atoms with Crippen molar-refractivity contribution < 1.29 is 9.13 Å². The monoisotopic (exact) mass is 326 g/mol. The predicted molar refractivity (Wildman–Crippen MR) is 94.8 cm³/mol. The Bertz CT molecular complexity index is 850. The van der Waals surface area contributed by atoms with Crippen molar-refractivity contribution in [2.24, 2.45) is 5.92 Å². The second-order valence-electron chi connectivity index (χ2n) is 6.66. The molecule has 0 atom stereocenters. The van der Waals surface area contributed by atoms with Gasteiger partial charge in [-0.05, 0) is 43.0 Å². The molecule has 0 unspecified atom stereocenters. The van der Waals surface area contributed by atoms with E-state index in [4.69, 9.17) is 4.74 Å². The van der Waals surface area contributed by atoms with Crippen LogP contribution >= 0.6 is 0 Å². The average Bonchev–Trinajstić information content (AvgIpc) is 2.80. The lowest BCUT2D eigenvalue weighted by molar-refractivity contribution is 0.307. The standard InChI is InChI=1S/C20H23FN2O/c1-13(2)11-23-15(4)14(3)18-9-22-10-19(20(18)23)24-12-16-5-7-17(21)8-6-16/h5-10,13H,11-12H2,1-4H3. The predicted octanol–water partition coefficient (Wildman–Crippen LogP) is 5.03. The zero-order valence-corrected chi connectivity index (χ0v) is 14.6. The molecule has 0 fully saturated rings. The zero-order chi connectivity index (χ0) is 17.3. The summed E-state index contributed by atoms with van der Waals surface area (Å²) in [6, 6.07) is 6.39. The molecule has 0 amide bonds. The molecule has 0 spiro atoms. The minimum atomic E-state index is -0.237. The van der Waals surface area contributed by atoms with Crippen LogP contribution in [0.25, 0.3) is 10.9 Å². The van der Waals surface area contributed by atoms with E-state index in [0.717, 1.165) is 28.8 Å². The summed E-state index contributed by atoms with van der Waals surface area (Å²) in [5.74, 6) is 1.07. The molecule has 3 aromatic rings. The van der Waals surface area contributed by atoms with Crippen LogP contribution in [0.1, 0.15) is 30.7 Å². The number of fused-ring (bicyclic) bond motifs is 1. The first-order valence-electron chi connectivity index (χ1n) is 8.28. The molecule has 0 aliphatic heterocycles. The maximum Gasteiger partial charge on any atom is 0.162 e. The number of halogens is 1. The van der Waals surface area contributed by atoms with Gasteiger partial charge >= 0.3 is 0 Å². The molecule has 0 N–H and O–H groups in total. The number of ether oxygens (including phenoxy) is 1. The molecule has 126 valence electrons. The summed E-state index contributed by atoms with van der Waals surface area (Å²) >= 11 is 0. The zero-order valence-electron chi connectivity index (χ0n) is 14.6. The van der Waals surface area contributed by atoms with Gasteiger partial charge in [-0.3, -0.25) is 4.98 Å². The molecule has 3 nitrogen and oxygen atoms in total. The van der Waals surface area contributed by atoms with E-state index >= 15 is 0 Å². The second-order valence-corrected chi connectivity index (χ2v) is 6.66. The van der Waals surface area contributed by atoms with E-state index < -0.39 is 0 Å². The summed E-state index contributed by atoms with van der Waals surface area (Å²) in [4.78, 5) is 4.34. The van der Waals surface area contributed by atoms with Gasteiger partial charge in [0.2, 0.25) is 0 Å². The van der Waals surface area contributed by atoms with Crippen LogP contribution < -0.4 is 4.74 Å². The summed E-state index contributed by atoms with van der Waals surface area (Å²) < 4.78 is 21.4. The van der Waals surface area contributed by atoms with Crippen molar-refractivity contribution in [2.75, 3.05) is 0 Å². The number of rotatable bonds is 5. The summed E-state index contributed by atoms with van der Waals surface area (Å²) in [5, 5.41) is 1.13. The van der Waals surface area contributed by atoms with E-state index in [9.17, 15) is 4.39 Å². The summed E-state index contributed by atoms with van der Waals surface area (Å²) in [6.45, 7) is 10.0. The highest BCUT2D eigenvalue weighted by atomic mass is 19.1. The molecule has 3 rings (SSSR count). The van der Waals surface area contributed by atoms with Crippen molar-refractivity contribution >= 4 is 10.9 Å². The molecule has 0 aliphatic rings. The number of hydrogen-bond acceptors (Lipinski definition) is 2. The number of aromatic nitrogens is 2. The fourth-order valence-electron chi connectivity index (χ4n) is 2.99. The van der Waals surface area contributed by atoms with Crippen LogP contribution in [0.2, 0.25) is 0 Å². The van der Waals surface area contributed by atoms with Gasteiger partial charge in [0.25, 0.3) is 0 Å². The molecule has 0 bridgehead atoms. The topological polar surface area (TPSA) is 27.1 Å². The van der Waals surface area contributed by atoms with Gasteiger partial charge in [0, 0.05) is 23.8 Å². The lowest BCUT2D eigenvalue weighted by Crippen LogP contribution is -2.07. The molecule has 0 saturated heterocycles. The van der Waals surface area contributed by atoms with Crippen LogP contribution in [0, 0.1) is 25.6 Å². The second kappa shape index (κ2) is 6.63. The normalized spacial score (nSPS) is 11.4. The number of aryl methyl sites for hydroxylation is 1. The van der Waals surface area contributed by atoms with E-state index in [1.165, 1.54) is 23.4 Å². The third-order valence-electron chi connectivity index (χ3n) is 4.36. The Kier molecular flexibility index (Phi) is 4.56. The van der Waals surface area contributed by atoms with E-state index in [1.54, 1.807) is 18.3 Å². The quantitative estimate of drug-likeness (QED) is 0.658. The first-order chi connectivity index (χ1) is 11.5. The minimum absolute atomic E-state index is 0.237. The Labute approximate surface area is 142 Å². The highest BCUT2D eigenvalue weighted by Crippen LogP contribution is 2.32. The SMILES string of the molecule is Cc1c(C)n(CC(C)C)c2c(OCc3ccc(F)cc3)cncc12. The van der Waals surface area contributed by atoms with Crippen molar-refractivity contribution in [3.8, 4) is 5.75 Å². The van der Waals surface area contributed by atoms with Gasteiger partial charge in [-0.15, -0.1) is 0 Å². The molecule has 4 heteroatoms. The van der Waals surface area contributed by atoms with Crippen LogP contribution in [0.3, 0.4) is 0 Å². The summed E-state index contributed by atoms with van der Waals surface area (Å²) in [7, 11) is 0. The third-order valence-corrected chi connectivity index (χ3v) is 4.36. The number of benzene rings is 1. The van der Waals surface area contributed by atoms with E-state index in [-0.39, 0.29) is 5.82 Å². The molecule has 2 aromatic heterocycles. The fraction of sp³-hybridized carbons (Fsp3) is 0.350. The Morgan fingerprint density at radius 1 is 1.12 bits per heavy atom. The highest BCUT2D eigenvalue weighted by Gasteiger charge is 2.16. The van der Waals surface area contributed by atoms with Crippen molar-refractivity contribution in [3.05, 3.63) is 59.3 Å². The molecule has 0 aliphatic carbocycles. The minimum Gasteiger partial charge on any atom is -0.485 e. The molecule has 1 aromatic carbocycles. The third kappa shape index (κ3) is 3.14. The summed E-state index contributed by atoms with van der Waals surface area (Å²) in [5.41, 5.74) is 4.52. The smallest absolute Gasteiger partial charge is 0.162 e. The maximum absolute atomic E-state index is 13.0. The number of hydrogen-bond donors (Lipinski definition) is 0. The van der Waals surface area contributed by atoms with Crippen LogP contribution in [0.4, 0.5) is 4.39 Å². The largest absolute Gasteiger partial charge is 0.485 e. The van der Waals surface area contributed by atoms with Crippen molar-refractivity contribution in [3.63, 3.8) is 0 Å². The molecule has 0 radical (unpaired) electrons.